The van der Waals surface area contributed by atoms with Crippen molar-refractivity contribution in [2.75, 3.05) is 6.54 Å². The highest BCUT2D eigenvalue weighted by Crippen LogP contribution is 2.30. The maximum absolute atomic E-state index is 13.0. The Morgan fingerprint density at radius 1 is 1.18 bits per heavy atom. The first-order valence-corrected chi connectivity index (χ1v) is 10.6. The molecule has 0 aromatic heterocycles. The first-order valence-electron chi connectivity index (χ1n) is 10.2. The average molecular weight is 404 g/mol. The first kappa shape index (κ1) is 19.2. The Labute approximate surface area is 170 Å². The van der Waals surface area contributed by atoms with Gasteiger partial charge in [-0.2, -0.15) is 0 Å². The second kappa shape index (κ2) is 8.11. The molecular weight excluding hydrogens is 378 g/mol. The van der Waals surface area contributed by atoms with Crippen molar-refractivity contribution in [3.05, 3.63) is 34.9 Å². The Morgan fingerprint density at radius 3 is 2.68 bits per heavy atom. The first-order chi connectivity index (χ1) is 13.5. The standard InChI is InChI=1S/C21H26ClN3O3/c22-16-9-5-4-8-15(16)19(26)23-14-11-18-20(27)24-17(21(28)25(18)12-14)10-13-6-2-1-3-7-13/h4-5,8-9,13-14,17-18H,1-3,6-7,10-12H2,(H,23,26)(H,24,27)/t14-,17-,18-/m0/s1. The summed E-state index contributed by atoms with van der Waals surface area (Å²) in [5.74, 6) is 0.125. The number of benzene rings is 1. The fourth-order valence-corrected chi connectivity index (χ4v) is 5.01. The number of fused-ring (bicyclic) bond motifs is 1. The third kappa shape index (κ3) is 3.88. The summed E-state index contributed by atoms with van der Waals surface area (Å²) in [6.45, 7) is 0.369. The maximum atomic E-state index is 13.0. The molecule has 3 amide bonds. The van der Waals surface area contributed by atoms with E-state index in [0.29, 0.717) is 29.5 Å². The highest BCUT2D eigenvalue weighted by atomic mass is 35.5. The third-order valence-corrected chi connectivity index (χ3v) is 6.58. The summed E-state index contributed by atoms with van der Waals surface area (Å²) in [5.41, 5.74) is 0.403. The van der Waals surface area contributed by atoms with Crippen LogP contribution in [0.2, 0.25) is 5.02 Å². The Balaban J connectivity index is 1.39. The normalized spacial score (nSPS) is 28.0. The Hall–Kier alpha value is -2.08. The Morgan fingerprint density at radius 2 is 1.93 bits per heavy atom. The molecule has 1 aromatic carbocycles. The van der Waals surface area contributed by atoms with Crippen molar-refractivity contribution in [1.29, 1.82) is 0 Å². The molecule has 0 radical (unpaired) electrons. The van der Waals surface area contributed by atoms with Crippen LogP contribution in [-0.2, 0) is 9.59 Å². The second-order valence-corrected chi connectivity index (χ2v) is 8.60. The fraction of sp³-hybridized carbons (Fsp3) is 0.571. The fourth-order valence-electron chi connectivity index (χ4n) is 4.79. The molecule has 3 aliphatic rings. The van der Waals surface area contributed by atoms with Gasteiger partial charge in [-0.05, 0) is 30.9 Å². The number of piperazine rings is 1. The molecule has 2 aliphatic heterocycles. The smallest absolute Gasteiger partial charge is 0.253 e. The monoisotopic (exact) mass is 403 g/mol. The predicted molar refractivity (Wildman–Crippen MR) is 106 cm³/mol. The molecule has 4 rings (SSSR count). The van der Waals surface area contributed by atoms with Crippen molar-refractivity contribution < 1.29 is 14.4 Å². The van der Waals surface area contributed by atoms with Crippen molar-refractivity contribution in [2.24, 2.45) is 5.92 Å². The van der Waals surface area contributed by atoms with Gasteiger partial charge in [0.15, 0.2) is 0 Å². The maximum Gasteiger partial charge on any atom is 0.253 e. The van der Waals surface area contributed by atoms with E-state index in [1.165, 1.54) is 19.3 Å². The quantitative estimate of drug-likeness (QED) is 0.810. The minimum atomic E-state index is -0.494. The zero-order valence-electron chi connectivity index (χ0n) is 15.8. The van der Waals surface area contributed by atoms with Gasteiger partial charge in [-0.3, -0.25) is 14.4 Å². The summed E-state index contributed by atoms with van der Waals surface area (Å²) in [5, 5.41) is 6.25. The van der Waals surface area contributed by atoms with Crippen LogP contribution in [0.3, 0.4) is 0 Å². The van der Waals surface area contributed by atoms with Gasteiger partial charge in [0.05, 0.1) is 10.6 Å². The topological polar surface area (TPSA) is 78.5 Å². The molecule has 0 unspecified atom stereocenters. The number of nitrogens with zero attached hydrogens (tertiary/aromatic N) is 1. The van der Waals surface area contributed by atoms with Crippen molar-refractivity contribution in [3.8, 4) is 0 Å². The molecule has 28 heavy (non-hydrogen) atoms. The summed E-state index contributed by atoms with van der Waals surface area (Å²) in [6, 6.07) is 5.68. The van der Waals surface area contributed by atoms with Crippen molar-refractivity contribution in [2.45, 2.75) is 63.1 Å². The Kier molecular flexibility index (Phi) is 5.58. The van der Waals surface area contributed by atoms with Gasteiger partial charge in [0.1, 0.15) is 12.1 Å². The Bertz CT molecular complexity index is 778. The SMILES string of the molecule is O=C(N[C@H]1C[C@H]2C(=O)N[C@@H](CC3CCCCC3)C(=O)N2C1)c1ccccc1Cl. The van der Waals surface area contributed by atoms with Gasteiger partial charge in [0.2, 0.25) is 11.8 Å². The van der Waals surface area contributed by atoms with E-state index in [1.54, 1.807) is 29.2 Å². The van der Waals surface area contributed by atoms with Gasteiger partial charge in [0.25, 0.3) is 5.91 Å². The van der Waals surface area contributed by atoms with E-state index < -0.39 is 12.1 Å². The molecule has 2 heterocycles. The number of carbonyl (C=O) groups excluding carboxylic acids is 3. The number of amides is 3. The molecule has 6 nitrogen and oxygen atoms in total. The van der Waals surface area contributed by atoms with Crippen molar-refractivity contribution in [1.82, 2.24) is 15.5 Å². The zero-order chi connectivity index (χ0) is 19.7. The van der Waals surface area contributed by atoms with E-state index in [-0.39, 0.29) is 23.8 Å². The lowest BCUT2D eigenvalue weighted by Crippen LogP contribution is -2.61. The molecule has 2 saturated heterocycles. The molecular formula is C21H26ClN3O3. The van der Waals surface area contributed by atoms with E-state index in [1.807, 2.05) is 0 Å². The van der Waals surface area contributed by atoms with Crippen LogP contribution in [0.4, 0.5) is 0 Å². The van der Waals surface area contributed by atoms with Gasteiger partial charge in [-0.1, -0.05) is 55.8 Å². The van der Waals surface area contributed by atoms with E-state index in [2.05, 4.69) is 10.6 Å². The summed E-state index contributed by atoms with van der Waals surface area (Å²) >= 11 is 6.10. The molecule has 3 fully saturated rings. The van der Waals surface area contributed by atoms with Crippen LogP contribution in [0.5, 0.6) is 0 Å². The van der Waals surface area contributed by atoms with Crippen LogP contribution < -0.4 is 10.6 Å². The minimum absolute atomic E-state index is 0.00957. The van der Waals surface area contributed by atoms with E-state index in [0.717, 1.165) is 19.3 Å². The van der Waals surface area contributed by atoms with Crippen LogP contribution in [0.15, 0.2) is 24.3 Å². The zero-order valence-corrected chi connectivity index (χ0v) is 16.6. The number of hydrogen-bond acceptors (Lipinski definition) is 3. The largest absolute Gasteiger partial charge is 0.347 e. The molecule has 0 bridgehead atoms. The highest BCUT2D eigenvalue weighted by molar-refractivity contribution is 6.33. The molecule has 1 saturated carbocycles. The third-order valence-electron chi connectivity index (χ3n) is 6.25. The summed E-state index contributed by atoms with van der Waals surface area (Å²) in [6.07, 6.45) is 7.13. The highest BCUT2D eigenvalue weighted by Gasteiger charge is 2.47. The number of halogens is 1. The van der Waals surface area contributed by atoms with Gasteiger partial charge < -0.3 is 15.5 Å². The van der Waals surface area contributed by atoms with Crippen molar-refractivity contribution >= 4 is 29.3 Å². The minimum Gasteiger partial charge on any atom is -0.347 e. The van der Waals surface area contributed by atoms with Crippen LogP contribution in [0.25, 0.3) is 0 Å². The summed E-state index contributed by atoms with van der Waals surface area (Å²) < 4.78 is 0. The van der Waals surface area contributed by atoms with Crippen LogP contribution in [0, 0.1) is 5.92 Å². The molecule has 0 spiro atoms. The lowest BCUT2D eigenvalue weighted by atomic mass is 9.84. The van der Waals surface area contributed by atoms with Crippen molar-refractivity contribution in [3.63, 3.8) is 0 Å². The average Bonchev–Trinajstić information content (AvgIpc) is 3.11. The number of rotatable bonds is 4. The molecule has 1 aromatic rings. The van der Waals surface area contributed by atoms with E-state index in [9.17, 15) is 14.4 Å². The number of hydrogen-bond donors (Lipinski definition) is 2. The van der Waals surface area contributed by atoms with Gasteiger partial charge in [-0.25, -0.2) is 0 Å². The molecule has 2 N–H and O–H groups in total. The lowest BCUT2D eigenvalue weighted by Gasteiger charge is -2.36. The van der Waals surface area contributed by atoms with Gasteiger partial charge in [0, 0.05) is 12.6 Å². The van der Waals surface area contributed by atoms with E-state index in [4.69, 9.17) is 11.6 Å². The van der Waals surface area contributed by atoms with Crippen LogP contribution in [0.1, 0.15) is 55.3 Å². The van der Waals surface area contributed by atoms with Crippen LogP contribution in [-0.4, -0.2) is 47.3 Å². The van der Waals surface area contributed by atoms with Gasteiger partial charge in [-0.15, -0.1) is 0 Å². The lowest BCUT2D eigenvalue weighted by molar-refractivity contribution is -0.147. The van der Waals surface area contributed by atoms with Crippen LogP contribution >= 0.6 is 11.6 Å². The van der Waals surface area contributed by atoms with E-state index >= 15 is 0 Å². The summed E-state index contributed by atoms with van der Waals surface area (Å²) in [4.78, 5) is 39.7. The summed E-state index contributed by atoms with van der Waals surface area (Å²) in [7, 11) is 0. The molecule has 1 aliphatic carbocycles. The molecule has 7 heteroatoms. The molecule has 150 valence electrons. The second-order valence-electron chi connectivity index (χ2n) is 8.19. The molecule has 3 atom stereocenters. The number of carbonyl (C=O) groups is 3. The predicted octanol–water partition coefficient (Wildman–Crippen LogP) is 2.51. The van der Waals surface area contributed by atoms with Gasteiger partial charge >= 0.3 is 0 Å². The number of nitrogens with one attached hydrogen (secondary N) is 2.